The van der Waals surface area contributed by atoms with Gasteiger partial charge in [-0.1, -0.05) is 0 Å². The van der Waals surface area contributed by atoms with Gasteiger partial charge in [0.15, 0.2) is 0 Å². The summed E-state index contributed by atoms with van der Waals surface area (Å²) in [6.07, 6.45) is 2.08. The zero-order valence-electron chi connectivity index (χ0n) is 15.9. The second-order valence-corrected chi connectivity index (χ2v) is 7.82. The van der Waals surface area contributed by atoms with E-state index in [2.05, 4.69) is 5.10 Å². The predicted molar refractivity (Wildman–Crippen MR) is 103 cm³/mol. The van der Waals surface area contributed by atoms with Crippen LogP contribution in [0.2, 0.25) is 0 Å². The van der Waals surface area contributed by atoms with Crippen LogP contribution in [0.25, 0.3) is 0 Å². The highest BCUT2D eigenvalue weighted by molar-refractivity contribution is 5.43. The van der Waals surface area contributed by atoms with E-state index in [1.54, 1.807) is 6.07 Å². The second-order valence-electron chi connectivity index (χ2n) is 7.82. The van der Waals surface area contributed by atoms with Gasteiger partial charge in [-0.2, -0.15) is 5.10 Å². The van der Waals surface area contributed by atoms with Crippen molar-refractivity contribution in [3.05, 3.63) is 75.7 Å². The van der Waals surface area contributed by atoms with E-state index in [1.807, 2.05) is 0 Å². The second kappa shape index (κ2) is 6.93. The van der Waals surface area contributed by atoms with E-state index in [-0.39, 0.29) is 23.5 Å². The summed E-state index contributed by atoms with van der Waals surface area (Å²) in [4.78, 5) is 13.0. The largest absolute Gasteiger partial charge is 0.490 e. The topological polar surface area (TPSA) is 75.1 Å². The minimum Gasteiger partial charge on any atom is -0.490 e. The number of nitrogen functional groups attached to an aromatic ring is 1. The van der Waals surface area contributed by atoms with Crippen LogP contribution >= 0.6 is 0 Å². The van der Waals surface area contributed by atoms with Crippen molar-refractivity contribution in [2.75, 3.05) is 5.73 Å². The van der Waals surface area contributed by atoms with Gasteiger partial charge in [-0.3, -0.25) is 4.57 Å². The lowest BCUT2D eigenvalue weighted by Gasteiger charge is -2.34. The first-order valence-corrected chi connectivity index (χ1v) is 9.76. The van der Waals surface area contributed by atoms with E-state index in [0.29, 0.717) is 42.8 Å². The molecule has 156 valence electrons. The van der Waals surface area contributed by atoms with E-state index in [1.165, 1.54) is 33.5 Å². The van der Waals surface area contributed by atoms with Crippen molar-refractivity contribution in [1.82, 2.24) is 14.3 Å². The van der Waals surface area contributed by atoms with E-state index in [0.717, 1.165) is 6.07 Å². The monoisotopic (exact) mass is 416 g/mol. The Morgan fingerprint density at radius 1 is 1.07 bits per heavy atom. The quantitative estimate of drug-likeness (QED) is 0.662. The predicted octanol–water partition coefficient (Wildman–Crippen LogP) is 3.36. The molecule has 3 aromatic rings. The Hall–Kier alpha value is -3.23. The fraction of sp³-hybridized carbons (Fsp3) is 0.333. The van der Waals surface area contributed by atoms with Crippen molar-refractivity contribution in [2.45, 2.75) is 43.9 Å². The van der Waals surface area contributed by atoms with Gasteiger partial charge in [0.2, 0.25) is 0 Å². The number of aryl methyl sites for hydroxylation is 1. The van der Waals surface area contributed by atoms with E-state index in [9.17, 15) is 18.0 Å². The molecular formula is C21H19F3N4O2. The maximum absolute atomic E-state index is 13.6. The first-order chi connectivity index (χ1) is 14.4. The molecule has 0 saturated heterocycles. The molecule has 9 heteroatoms. The first kappa shape index (κ1) is 18.8. The summed E-state index contributed by atoms with van der Waals surface area (Å²) < 4.78 is 49.5. The standard InChI is InChI=1S/C21H19F3N4O2/c22-12-5-11(6-13(23)7-12)19-3-4-20-26-28(21(29)27(19)20)14-8-16(9-14)30-15-1-2-18(25)17(24)10-15/h1-2,5-7,10,14,16,19H,3-4,8-9,25H2/t14?,16?,19-/m0/s1. The Labute approximate surface area is 169 Å². The van der Waals surface area contributed by atoms with Crippen molar-refractivity contribution in [2.24, 2.45) is 0 Å². The maximum Gasteiger partial charge on any atom is 0.346 e. The molecule has 1 aromatic heterocycles. The molecule has 2 aliphatic rings. The molecule has 6 nitrogen and oxygen atoms in total. The third kappa shape index (κ3) is 3.14. The average molecular weight is 416 g/mol. The molecule has 30 heavy (non-hydrogen) atoms. The van der Waals surface area contributed by atoms with Crippen LogP contribution in [-0.2, 0) is 6.42 Å². The lowest BCUT2D eigenvalue weighted by atomic mass is 9.89. The normalized spacial score (nSPS) is 22.6. The van der Waals surface area contributed by atoms with Gasteiger partial charge in [0.05, 0.1) is 17.8 Å². The number of nitrogens with two attached hydrogens (primary N) is 1. The van der Waals surface area contributed by atoms with Gasteiger partial charge in [0.25, 0.3) is 0 Å². The van der Waals surface area contributed by atoms with Crippen LogP contribution in [0.1, 0.15) is 42.7 Å². The molecule has 0 unspecified atom stereocenters. The number of ether oxygens (including phenoxy) is 1. The van der Waals surface area contributed by atoms with Crippen LogP contribution in [0.4, 0.5) is 18.9 Å². The molecule has 2 aromatic carbocycles. The zero-order valence-corrected chi connectivity index (χ0v) is 15.9. The van der Waals surface area contributed by atoms with Crippen LogP contribution in [0, 0.1) is 17.5 Å². The molecule has 1 aliphatic carbocycles. The SMILES string of the molecule is Nc1ccc(OC2CC(n3nc4n(c3=O)[C@H](c3cc(F)cc(F)c3)CC4)C2)cc1F. The lowest BCUT2D eigenvalue weighted by Crippen LogP contribution is -2.41. The van der Waals surface area contributed by atoms with E-state index in [4.69, 9.17) is 10.5 Å². The van der Waals surface area contributed by atoms with Gasteiger partial charge in [-0.25, -0.2) is 22.6 Å². The molecule has 0 amide bonds. The van der Waals surface area contributed by atoms with Crippen molar-refractivity contribution < 1.29 is 17.9 Å². The Morgan fingerprint density at radius 2 is 1.80 bits per heavy atom. The molecule has 1 saturated carbocycles. The van der Waals surface area contributed by atoms with Crippen molar-refractivity contribution >= 4 is 5.69 Å². The highest BCUT2D eigenvalue weighted by Gasteiger charge is 2.37. The molecule has 2 heterocycles. The zero-order chi connectivity index (χ0) is 21.0. The number of nitrogens with zero attached hydrogens (tertiary/aromatic N) is 3. The molecule has 0 bridgehead atoms. The summed E-state index contributed by atoms with van der Waals surface area (Å²) in [6, 6.07) is 7.04. The summed E-state index contributed by atoms with van der Waals surface area (Å²) in [5, 5.41) is 4.45. The summed E-state index contributed by atoms with van der Waals surface area (Å²) in [5.41, 5.74) is 5.65. The molecule has 0 radical (unpaired) electrons. The Bertz CT molecular complexity index is 1160. The smallest absolute Gasteiger partial charge is 0.346 e. The minimum atomic E-state index is -0.669. The van der Waals surface area contributed by atoms with Crippen LogP contribution in [-0.4, -0.2) is 20.5 Å². The number of anilines is 1. The number of fused-ring (bicyclic) bond motifs is 1. The Balaban J connectivity index is 1.32. The summed E-state index contributed by atoms with van der Waals surface area (Å²) in [6.45, 7) is 0. The van der Waals surface area contributed by atoms with Gasteiger partial charge in [0, 0.05) is 31.4 Å². The first-order valence-electron chi connectivity index (χ1n) is 9.76. The van der Waals surface area contributed by atoms with Crippen molar-refractivity contribution in [3.63, 3.8) is 0 Å². The lowest BCUT2D eigenvalue weighted by molar-refractivity contribution is 0.0621. The molecular weight excluding hydrogens is 397 g/mol. The minimum absolute atomic E-state index is 0.0562. The molecule has 5 rings (SSSR count). The third-order valence-corrected chi connectivity index (χ3v) is 5.82. The van der Waals surface area contributed by atoms with Crippen LogP contribution in [0.5, 0.6) is 5.75 Å². The van der Waals surface area contributed by atoms with Crippen LogP contribution < -0.4 is 16.2 Å². The number of hydrogen-bond acceptors (Lipinski definition) is 4. The number of aromatic nitrogens is 3. The summed E-state index contributed by atoms with van der Waals surface area (Å²) in [7, 11) is 0. The number of rotatable bonds is 4. The fourth-order valence-electron chi connectivity index (χ4n) is 4.24. The molecule has 1 fully saturated rings. The Morgan fingerprint density at radius 3 is 2.50 bits per heavy atom. The van der Waals surface area contributed by atoms with Gasteiger partial charge in [-0.05, 0) is 36.2 Å². The van der Waals surface area contributed by atoms with Crippen molar-refractivity contribution in [1.29, 1.82) is 0 Å². The van der Waals surface area contributed by atoms with Crippen LogP contribution in [0.3, 0.4) is 0 Å². The summed E-state index contributed by atoms with van der Waals surface area (Å²) >= 11 is 0. The van der Waals surface area contributed by atoms with E-state index >= 15 is 0 Å². The molecule has 2 N–H and O–H groups in total. The van der Waals surface area contributed by atoms with E-state index < -0.39 is 23.5 Å². The highest BCUT2D eigenvalue weighted by Crippen LogP contribution is 2.36. The fourth-order valence-corrected chi connectivity index (χ4v) is 4.24. The average Bonchev–Trinajstić information content (AvgIpc) is 3.20. The molecule has 0 spiro atoms. The number of hydrogen-bond donors (Lipinski definition) is 1. The van der Waals surface area contributed by atoms with Gasteiger partial charge in [-0.15, -0.1) is 0 Å². The molecule has 1 aliphatic heterocycles. The van der Waals surface area contributed by atoms with Gasteiger partial charge < -0.3 is 10.5 Å². The Kier molecular flexibility index (Phi) is 4.34. The van der Waals surface area contributed by atoms with Crippen molar-refractivity contribution in [3.8, 4) is 5.75 Å². The maximum atomic E-state index is 13.6. The molecule has 1 atom stereocenters. The van der Waals surface area contributed by atoms with Gasteiger partial charge in [0.1, 0.15) is 35.1 Å². The number of benzene rings is 2. The summed E-state index contributed by atoms with van der Waals surface area (Å²) in [5.74, 6) is -0.878. The highest BCUT2D eigenvalue weighted by atomic mass is 19.1. The third-order valence-electron chi connectivity index (χ3n) is 5.82. The van der Waals surface area contributed by atoms with Crippen LogP contribution in [0.15, 0.2) is 41.2 Å². The number of halogens is 3. The van der Waals surface area contributed by atoms with Gasteiger partial charge >= 0.3 is 5.69 Å².